The molecule has 0 bridgehead atoms. The van der Waals surface area contributed by atoms with Crippen LogP contribution in [0.1, 0.15) is 29.8 Å². The minimum absolute atomic E-state index is 0.0858. The molecule has 1 aromatic rings. The van der Waals surface area contributed by atoms with Crippen molar-refractivity contribution >= 4 is 5.91 Å². The summed E-state index contributed by atoms with van der Waals surface area (Å²) in [5, 5.41) is 3.32. The lowest BCUT2D eigenvalue weighted by Crippen LogP contribution is -2.57. The Morgan fingerprint density at radius 3 is 2.59 bits per heavy atom. The summed E-state index contributed by atoms with van der Waals surface area (Å²) in [4.78, 5) is 18.5. The van der Waals surface area contributed by atoms with E-state index in [1.165, 1.54) is 0 Å². The van der Waals surface area contributed by atoms with E-state index in [0.29, 0.717) is 5.56 Å². The zero-order valence-electron chi connectivity index (χ0n) is 10.6. The smallest absolute Gasteiger partial charge is 0.255 e. The van der Waals surface area contributed by atoms with E-state index in [1.807, 2.05) is 17.9 Å². The summed E-state index contributed by atoms with van der Waals surface area (Å²) in [6, 6.07) is 2.36. The van der Waals surface area contributed by atoms with Gasteiger partial charge in [0.05, 0.1) is 5.56 Å². The molecule has 4 heteroatoms. The number of pyridine rings is 1. The highest BCUT2D eigenvalue weighted by atomic mass is 16.2. The lowest BCUT2D eigenvalue weighted by molar-refractivity contribution is 0.0544. The number of hydrogen-bond acceptors (Lipinski definition) is 3. The van der Waals surface area contributed by atoms with E-state index in [9.17, 15) is 4.79 Å². The summed E-state index contributed by atoms with van der Waals surface area (Å²) in [5.41, 5.74) is 1.71. The van der Waals surface area contributed by atoms with Gasteiger partial charge in [0.1, 0.15) is 0 Å². The van der Waals surface area contributed by atoms with Crippen LogP contribution >= 0.6 is 0 Å². The van der Waals surface area contributed by atoms with Gasteiger partial charge in [-0.15, -0.1) is 0 Å². The van der Waals surface area contributed by atoms with Crippen LogP contribution in [0, 0.1) is 6.92 Å². The Kier molecular flexibility index (Phi) is 3.43. The fraction of sp³-hybridized carbons (Fsp3) is 0.538. The van der Waals surface area contributed by atoms with Gasteiger partial charge in [0, 0.05) is 37.6 Å². The second-order valence-electron chi connectivity index (χ2n) is 4.82. The quantitative estimate of drug-likeness (QED) is 0.793. The molecule has 1 fully saturated rings. The van der Waals surface area contributed by atoms with Crippen LogP contribution in [0.4, 0.5) is 0 Å². The van der Waals surface area contributed by atoms with Gasteiger partial charge in [-0.2, -0.15) is 0 Å². The Labute approximate surface area is 102 Å². The van der Waals surface area contributed by atoms with Crippen molar-refractivity contribution in [1.29, 1.82) is 0 Å². The first kappa shape index (κ1) is 12.0. The van der Waals surface area contributed by atoms with Crippen molar-refractivity contribution in [3.05, 3.63) is 29.6 Å². The lowest BCUT2D eigenvalue weighted by Gasteiger charge is -2.39. The third-order valence-corrected chi connectivity index (χ3v) is 3.19. The average Bonchev–Trinajstić information content (AvgIpc) is 2.28. The maximum atomic E-state index is 12.4. The fourth-order valence-electron chi connectivity index (χ4n) is 2.35. The van der Waals surface area contributed by atoms with Crippen LogP contribution in [0.2, 0.25) is 0 Å². The summed E-state index contributed by atoms with van der Waals surface area (Å²) in [5.74, 6) is 0.0858. The summed E-state index contributed by atoms with van der Waals surface area (Å²) in [7, 11) is 0. The van der Waals surface area contributed by atoms with E-state index in [0.717, 1.165) is 18.7 Å². The van der Waals surface area contributed by atoms with Gasteiger partial charge in [-0.05, 0) is 32.4 Å². The Bertz CT molecular complexity index is 409. The number of rotatable bonds is 1. The number of hydrogen-bond donors (Lipinski definition) is 1. The number of aromatic nitrogens is 1. The van der Waals surface area contributed by atoms with Crippen LogP contribution in [-0.4, -0.2) is 41.0 Å². The lowest BCUT2D eigenvalue weighted by atomic mass is 10.1. The highest BCUT2D eigenvalue weighted by Gasteiger charge is 2.29. The predicted molar refractivity (Wildman–Crippen MR) is 66.9 cm³/mol. The molecule has 4 nitrogen and oxygen atoms in total. The van der Waals surface area contributed by atoms with Crippen molar-refractivity contribution in [1.82, 2.24) is 15.2 Å². The molecule has 1 aliphatic heterocycles. The first-order valence-corrected chi connectivity index (χ1v) is 6.04. The number of nitrogens with zero attached hydrogens (tertiary/aromatic N) is 2. The van der Waals surface area contributed by atoms with E-state index in [2.05, 4.69) is 24.1 Å². The van der Waals surface area contributed by atoms with Gasteiger partial charge < -0.3 is 10.2 Å². The topological polar surface area (TPSA) is 45.2 Å². The number of piperazine rings is 1. The largest absolute Gasteiger partial charge is 0.331 e. The molecule has 0 spiro atoms. The van der Waals surface area contributed by atoms with E-state index in [-0.39, 0.29) is 18.0 Å². The van der Waals surface area contributed by atoms with Gasteiger partial charge in [0.2, 0.25) is 0 Å². The molecular formula is C13H19N3O. The number of aryl methyl sites for hydroxylation is 1. The van der Waals surface area contributed by atoms with E-state index in [1.54, 1.807) is 12.4 Å². The number of nitrogens with one attached hydrogen (secondary N) is 1. The van der Waals surface area contributed by atoms with E-state index in [4.69, 9.17) is 0 Å². The molecule has 1 N–H and O–H groups in total. The molecule has 0 aromatic carbocycles. The minimum Gasteiger partial charge on any atom is -0.331 e. The van der Waals surface area contributed by atoms with Crippen LogP contribution in [0.25, 0.3) is 0 Å². The molecule has 17 heavy (non-hydrogen) atoms. The molecule has 0 aliphatic carbocycles. The molecule has 2 atom stereocenters. The fourth-order valence-corrected chi connectivity index (χ4v) is 2.35. The SMILES string of the molecule is Cc1cncc(C(=O)N2C(C)CNCC2C)c1. The molecule has 0 radical (unpaired) electrons. The monoisotopic (exact) mass is 233 g/mol. The molecule has 1 amide bonds. The molecule has 1 aliphatic rings. The van der Waals surface area contributed by atoms with Gasteiger partial charge in [0.15, 0.2) is 0 Å². The second-order valence-corrected chi connectivity index (χ2v) is 4.82. The molecule has 2 unspecified atom stereocenters. The van der Waals surface area contributed by atoms with Crippen molar-refractivity contribution < 1.29 is 4.79 Å². The summed E-state index contributed by atoms with van der Waals surface area (Å²) in [6.45, 7) is 7.81. The standard InChI is InChI=1S/C13H19N3O/c1-9-4-12(8-14-5-9)13(17)16-10(2)6-15-7-11(16)3/h4-5,8,10-11,15H,6-7H2,1-3H3. The predicted octanol–water partition coefficient (Wildman–Crippen LogP) is 1.21. The first-order valence-electron chi connectivity index (χ1n) is 6.04. The van der Waals surface area contributed by atoms with E-state index >= 15 is 0 Å². The normalized spacial score (nSPS) is 24.8. The highest BCUT2D eigenvalue weighted by Crippen LogP contribution is 2.15. The third-order valence-electron chi connectivity index (χ3n) is 3.19. The Morgan fingerprint density at radius 1 is 1.35 bits per heavy atom. The zero-order valence-corrected chi connectivity index (χ0v) is 10.6. The molecule has 0 saturated carbocycles. The van der Waals surface area contributed by atoms with Crippen molar-refractivity contribution in [2.45, 2.75) is 32.9 Å². The van der Waals surface area contributed by atoms with E-state index < -0.39 is 0 Å². The van der Waals surface area contributed by atoms with Gasteiger partial charge >= 0.3 is 0 Å². The van der Waals surface area contributed by atoms with Crippen molar-refractivity contribution in [2.24, 2.45) is 0 Å². The van der Waals surface area contributed by atoms with Crippen LogP contribution < -0.4 is 5.32 Å². The van der Waals surface area contributed by atoms with Crippen molar-refractivity contribution in [3.63, 3.8) is 0 Å². The van der Waals surface area contributed by atoms with Gasteiger partial charge in [-0.3, -0.25) is 9.78 Å². The average molecular weight is 233 g/mol. The number of carbonyl (C=O) groups excluding carboxylic acids is 1. The highest BCUT2D eigenvalue weighted by molar-refractivity contribution is 5.94. The maximum absolute atomic E-state index is 12.4. The summed E-state index contributed by atoms with van der Waals surface area (Å²) in [6.07, 6.45) is 3.41. The molecule has 2 rings (SSSR count). The summed E-state index contributed by atoms with van der Waals surface area (Å²) >= 11 is 0. The van der Waals surface area contributed by atoms with Crippen LogP contribution in [0.3, 0.4) is 0 Å². The first-order chi connectivity index (χ1) is 8.09. The third kappa shape index (κ3) is 2.47. The molecule has 2 heterocycles. The van der Waals surface area contributed by atoms with Gasteiger partial charge in [-0.25, -0.2) is 0 Å². The van der Waals surface area contributed by atoms with Crippen LogP contribution in [-0.2, 0) is 0 Å². The molecular weight excluding hydrogens is 214 g/mol. The van der Waals surface area contributed by atoms with Gasteiger partial charge in [-0.1, -0.05) is 0 Å². The van der Waals surface area contributed by atoms with Crippen LogP contribution in [0.5, 0.6) is 0 Å². The Morgan fingerprint density at radius 2 is 2.00 bits per heavy atom. The van der Waals surface area contributed by atoms with Crippen molar-refractivity contribution in [3.8, 4) is 0 Å². The Hall–Kier alpha value is -1.42. The minimum atomic E-state index is 0.0858. The summed E-state index contributed by atoms with van der Waals surface area (Å²) < 4.78 is 0. The maximum Gasteiger partial charge on any atom is 0.255 e. The molecule has 1 saturated heterocycles. The Balaban J connectivity index is 2.24. The molecule has 92 valence electrons. The van der Waals surface area contributed by atoms with Crippen molar-refractivity contribution in [2.75, 3.05) is 13.1 Å². The number of carbonyl (C=O) groups is 1. The molecule has 1 aromatic heterocycles. The zero-order chi connectivity index (χ0) is 12.4. The van der Waals surface area contributed by atoms with Gasteiger partial charge in [0.25, 0.3) is 5.91 Å². The van der Waals surface area contributed by atoms with Crippen LogP contribution in [0.15, 0.2) is 18.5 Å². The second kappa shape index (κ2) is 4.84. The number of amides is 1.